The summed E-state index contributed by atoms with van der Waals surface area (Å²) in [6.07, 6.45) is -1.25. The van der Waals surface area contributed by atoms with Crippen molar-refractivity contribution in [3.05, 3.63) is 95.6 Å². The van der Waals surface area contributed by atoms with Gasteiger partial charge in [0.1, 0.15) is 6.61 Å². The number of alkyl carbamates (subject to hydrolysis) is 1. The molecule has 4 rings (SSSR count). The Kier molecular flexibility index (Phi) is 9.33. The summed E-state index contributed by atoms with van der Waals surface area (Å²) < 4.78 is 11.2. The van der Waals surface area contributed by atoms with Crippen LogP contribution >= 0.6 is 0 Å². The molecule has 204 valence electrons. The highest BCUT2D eigenvalue weighted by Crippen LogP contribution is 2.44. The first-order chi connectivity index (χ1) is 18.8. The van der Waals surface area contributed by atoms with Crippen LogP contribution in [0.4, 0.5) is 4.79 Å². The fourth-order valence-corrected chi connectivity index (χ4v) is 4.81. The van der Waals surface area contributed by atoms with Crippen molar-refractivity contribution in [3.63, 3.8) is 0 Å². The molecular formula is C31H34N2O6. The summed E-state index contributed by atoms with van der Waals surface area (Å²) in [5, 5.41) is 14.9. The summed E-state index contributed by atoms with van der Waals surface area (Å²) in [6, 6.07) is 24.4. The van der Waals surface area contributed by atoms with Gasteiger partial charge in [0, 0.05) is 18.9 Å². The van der Waals surface area contributed by atoms with Crippen molar-refractivity contribution < 1.29 is 29.0 Å². The van der Waals surface area contributed by atoms with E-state index < -0.39 is 30.1 Å². The van der Waals surface area contributed by atoms with Crippen molar-refractivity contribution in [2.24, 2.45) is 5.92 Å². The fourth-order valence-electron chi connectivity index (χ4n) is 4.81. The molecule has 3 aromatic rings. The number of carbonyl (C=O) groups excluding carboxylic acids is 2. The molecule has 0 spiro atoms. The topological polar surface area (TPSA) is 114 Å². The third-order valence-electron chi connectivity index (χ3n) is 6.88. The van der Waals surface area contributed by atoms with Crippen molar-refractivity contribution in [1.82, 2.24) is 10.6 Å². The highest BCUT2D eigenvalue weighted by atomic mass is 16.5. The van der Waals surface area contributed by atoms with Crippen LogP contribution in [0.15, 0.2) is 78.9 Å². The molecule has 0 bridgehead atoms. The summed E-state index contributed by atoms with van der Waals surface area (Å²) in [6.45, 7) is 4.07. The molecule has 3 aromatic carbocycles. The van der Waals surface area contributed by atoms with Gasteiger partial charge < -0.3 is 25.2 Å². The van der Waals surface area contributed by atoms with Gasteiger partial charge in [-0.15, -0.1) is 0 Å². The molecule has 8 nitrogen and oxygen atoms in total. The quantitative estimate of drug-likeness (QED) is 0.312. The number of fused-ring (bicyclic) bond motifs is 3. The Bertz CT molecular complexity index is 1250. The zero-order valence-electron chi connectivity index (χ0n) is 22.1. The van der Waals surface area contributed by atoms with E-state index in [2.05, 4.69) is 34.9 Å². The number of carboxylic acids is 1. The largest absolute Gasteiger partial charge is 0.480 e. The molecule has 0 aromatic heterocycles. The lowest BCUT2D eigenvalue weighted by Gasteiger charge is -2.23. The Balaban J connectivity index is 1.21. The number of nitrogens with one attached hydrogen (secondary N) is 2. The summed E-state index contributed by atoms with van der Waals surface area (Å²) in [4.78, 5) is 36.7. The van der Waals surface area contributed by atoms with E-state index >= 15 is 0 Å². The van der Waals surface area contributed by atoms with Gasteiger partial charge >= 0.3 is 12.1 Å². The molecule has 2 amide bonds. The summed E-state index contributed by atoms with van der Waals surface area (Å²) in [5.41, 5.74) is 5.48. The van der Waals surface area contributed by atoms with Crippen molar-refractivity contribution >= 4 is 18.0 Å². The molecule has 0 fully saturated rings. The minimum Gasteiger partial charge on any atom is -0.480 e. The van der Waals surface area contributed by atoms with Gasteiger partial charge in [0.05, 0.1) is 12.7 Å². The van der Waals surface area contributed by atoms with Crippen LogP contribution in [0, 0.1) is 5.92 Å². The lowest BCUT2D eigenvalue weighted by Crippen LogP contribution is -2.49. The predicted molar refractivity (Wildman–Crippen MR) is 147 cm³/mol. The third-order valence-corrected chi connectivity index (χ3v) is 6.88. The van der Waals surface area contributed by atoms with Gasteiger partial charge in [-0.2, -0.15) is 0 Å². The third kappa shape index (κ3) is 7.23. The standard InChI is InChI=1S/C31H34N2O6/c1-20(16-28(34)33-29(30(35)36)21(2)38-18-22-10-4-3-5-11-22)17-32-31(37)39-19-27-25-14-8-6-12-23(25)24-13-7-9-15-26(24)27/h3-15,20-21,27,29H,16-19H2,1-2H3,(H,32,37)(H,33,34)(H,35,36)/t20?,21-,29+/m1/s1. The number of amides is 2. The first kappa shape index (κ1) is 27.9. The minimum absolute atomic E-state index is 0.0367. The van der Waals surface area contributed by atoms with E-state index in [1.807, 2.05) is 54.6 Å². The molecule has 3 atom stereocenters. The zero-order valence-corrected chi connectivity index (χ0v) is 22.1. The van der Waals surface area contributed by atoms with Crippen molar-refractivity contribution in [2.75, 3.05) is 13.2 Å². The van der Waals surface area contributed by atoms with Gasteiger partial charge in [0.15, 0.2) is 6.04 Å². The predicted octanol–water partition coefficient (Wildman–Crippen LogP) is 4.73. The van der Waals surface area contributed by atoms with Crippen LogP contribution in [-0.4, -0.2) is 48.4 Å². The Hall–Kier alpha value is -4.17. The second-order valence-corrected chi connectivity index (χ2v) is 9.90. The molecule has 0 heterocycles. The Labute approximate surface area is 228 Å². The van der Waals surface area contributed by atoms with E-state index in [1.54, 1.807) is 13.8 Å². The Morgan fingerprint density at radius 2 is 1.46 bits per heavy atom. The van der Waals surface area contributed by atoms with E-state index in [1.165, 1.54) is 0 Å². The van der Waals surface area contributed by atoms with Crippen molar-refractivity contribution in [3.8, 4) is 11.1 Å². The van der Waals surface area contributed by atoms with Crippen LogP contribution in [0.2, 0.25) is 0 Å². The maximum absolute atomic E-state index is 12.6. The molecule has 39 heavy (non-hydrogen) atoms. The fraction of sp³-hybridized carbons (Fsp3) is 0.323. The number of carbonyl (C=O) groups is 3. The first-order valence-corrected chi connectivity index (χ1v) is 13.1. The van der Waals surface area contributed by atoms with Crippen LogP contribution in [0.5, 0.6) is 0 Å². The molecule has 0 saturated heterocycles. The van der Waals surface area contributed by atoms with Crippen LogP contribution in [0.25, 0.3) is 11.1 Å². The normalized spacial score (nSPS) is 14.4. The SMILES string of the molecule is CC(CNC(=O)OCC1c2ccccc2-c2ccccc21)CC(=O)N[C@H](C(=O)O)[C@@H](C)OCc1ccccc1. The molecule has 0 radical (unpaired) electrons. The van der Waals surface area contributed by atoms with Gasteiger partial charge in [0.2, 0.25) is 5.91 Å². The molecular weight excluding hydrogens is 496 g/mol. The number of hydrogen-bond acceptors (Lipinski definition) is 5. The van der Waals surface area contributed by atoms with Crippen LogP contribution in [0.3, 0.4) is 0 Å². The second-order valence-electron chi connectivity index (χ2n) is 9.90. The van der Waals surface area contributed by atoms with E-state index in [4.69, 9.17) is 9.47 Å². The van der Waals surface area contributed by atoms with E-state index in [9.17, 15) is 19.5 Å². The Morgan fingerprint density at radius 1 is 0.872 bits per heavy atom. The molecule has 3 N–H and O–H groups in total. The van der Waals surface area contributed by atoms with Gasteiger partial charge in [-0.1, -0.05) is 85.8 Å². The number of ether oxygens (including phenoxy) is 2. The average Bonchev–Trinajstić information content (AvgIpc) is 3.26. The first-order valence-electron chi connectivity index (χ1n) is 13.1. The van der Waals surface area contributed by atoms with E-state index in [-0.39, 0.29) is 38.0 Å². The van der Waals surface area contributed by atoms with Gasteiger partial charge in [-0.3, -0.25) is 4.79 Å². The lowest BCUT2D eigenvalue weighted by atomic mass is 9.98. The smallest absolute Gasteiger partial charge is 0.407 e. The van der Waals surface area contributed by atoms with Crippen molar-refractivity contribution in [2.45, 2.75) is 44.9 Å². The highest BCUT2D eigenvalue weighted by molar-refractivity contribution is 5.84. The van der Waals surface area contributed by atoms with Crippen LogP contribution in [-0.2, 0) is 25.7 Å². The van der Waals surface area contributed by atoms with Gasteiger partial charge in [-0.25, -0.2) is 9.59 Å². The summed E-state index contributed by atoms with van der Waals surface area (Å²) >= 11 is 0. The number of carboxylic acid groups (broad SMARTS) is 1. The molecule has 1 aliphatic carbocycles. The molecule has 0 aliphatic heterocycles. The van der Waals surface area contributed by atoms with Crippen LogP contribution in [0.1, 0.15) is 42.9 Å². The zero-order chi connectivity index (χ0) is 27.8. The van der Waals surface area contributed by atoms with Crippen molar-refractivity contribution in [1.29, 1.82) is 0 Å². The lowest BCUT2D eigenvalue weighted by molar-refractivity contribution is -0.146. The van der Waals surface area contributed by atoms with E-state index in [0.717, 1.165) is 27.8 Å². The molecule has 8 heteroatoms. The Morgan fingerprint density at radius 3 is 2.08 bits per heavy atom. The highest BCUT2D eigenvalue weighted by Gasteiger charge is 2.30. The number of rotatable bonds is 12. The number of aliphatic carboxylic acids is 1. The minimum atomic E-state index is -1.19. The van der Waals surface area contributed by atoms with E-state index in [0.29, 0.717) is 0 Å². The number of hydrogen-bond donors (Lipinski definition) is 3. The summed E-state index contributed by atoms with van der Waals surface area (Å²) in [7, 11) is 0. The maximum Gasteiger partial charge on any atom is 0.407 e. The molecule has 1 unspecified atom stereocenters. The molecule has 1 aliphatic rings. The van der Waals surface area contributed by atoms with Gasteiger partial charge in [0.25, 0.3) is 0 Å². The number of benzene rings is 3. The summed E-state index contributed by atoms with van der Waals surface area (Å²) in [5.74, 6) is -1.88. The van der Waals surface area contributed by atoms with Gasteiger partial charge in [-0.05, 0) is 40.7 Å². The average molecular weight is 531 g/mol. The van der Waals surface area contributed by atoms with Crippen LogP contribution < -0.4 is 10.6 Å². The molecule has 0 saturated carbocycles. The second kappa shape index (κ2) is 13.1. The maximum atomic E-state index is 12.6. The monoisotopic (exact) mass is 530 g/mol.